The van der Waals surface area contributed by atoms with Crippen molar-refractivity contribution in [1.82, 2.24) is 4.98 Å². The topological polar surface area (TPSA) is 85.5 Å². The highest BCUT2D eigenvalue weighted by Crippen LogP contribution is 2.27. The first kappa shape index (κ1) is 14.1. The van der Waals surface area contributed by atoms with E-state index in [9.17, 15) is 8.42 Å². The van der Waals surface area contributed by atoms with E-state index in [1.165, 1.54) is 38.6 Å². The first-order valence-corrected chi connectivity index (χ1v) is 7.24. The Morgan fingerprint density at radius 3 is 2.55 bits per heavy atom. The van der Waals surface area contributed by atoms with Crippen molar-refractivity contribution in [3.8, 4) is 5.75 Å². The number of nitrogens with zero attached hydrogens (tertiary/aromatic N) is 2. The highest BCUT2D eigenvalue weighted by Gasteiger charge is 2.22. The summed E-state index contributed by atoms with van der Waals surface area (Å²) in [6.07, 6.45) is 1.53. The average molecular weight is 293 g/mol. The number of rotatable bonds is 4. The van der Waals surface area contributed by atoms with Gasteiger partial charge in [0.2, 0.25) is 0 Å². The Morgan fingerprint density at radius 2 is 2.00 bits per heavy atom. The molecule has 0 radical (unpaired) electrons. The number of pyridine rings is 1. The smallest absolute Gasteiger partial charge is 0.265 e. The van der Waals surface area contributed by atoms with Gasteiger partial charge in [0, 0.05) is 13.2 Å². The molecule has 1 heterocycles. The lowest BCUT2D eigenvalue weighted by molar-refractivity contribution is 0.416. The summed E-state index contributed by atoms with van der Waals surface area (Å²) in [5, 5.41) is 0. The van der Waals surface area contributed by atoms with E-state index in [2.05, 4.69) is 4.98 Å². The molecule has 0 aliphatic carbocycles. The van der Waals surface area contributed by atoms with Gasteiger partial charge in [-0.25, -0.2) is 13.4 Å². The highest BCUT2D eigenvalue weighted by molar-refractivity contribution is 7.92. The van der Waals surface area contributed by atoms with Crippen molar-refractivity contribution < 1.29 is 13.2 Å². The van der Waals surface area contributed by atoms with Gasteiger partial charge in [-0.05, 0) is 30.3 Å². The van der Waals surface area contributed by atoms with E-state index in [1.54, 1.807) is 18.2 Å². The average Bonchev–Trinajstić information content (AvgIpc) is 2.47. The molecule has 7 heteroatoms. The molecule has 20 heavy (non-hydrogen) atoms. The Balaban J connectivity index is 2.43. The molecule has 6 nitrogen and oxygen atoms in total. The van der Waals surface area contributed by atoms with E-state index < -0.39 is 10.0 Å². The fraction of sp³-hybridized carbons (Fsp3) is 0.154. The molecule has 0 aliphatic rings. The Kier molecular flexibility index (Phi) is 3.80. The molecule has 0 bridgehead atoms. The molecule has 2 rings (SSSR count). The highest BCUT2D eigenvalue weighted by atomic mass is 32.2. The lowest BCUT2D eigenvalue weighted by Crippen LogP contribution is -2.27. The van der Waals surface area contributed by atoms with Crippen molar-refractivity contribution in [2.75, 3.05) is 24.2 Å². The molecule has 0 unspecified atom stereocenters. The second kappa shape index (κ2) is 5.38. The van der Waals surface area contributed by atoms with Gasteiger partial charge in [-0.3, -0.25) is 4.31 Å². The number of sulfonamides is 1. The van der Waals surface area contributed by atoms with Crippen molar-refractivity contribution in [3.05, 3.63) is 42.6 Å². The number of hydrogen-bond donors (Lipinski definition) is 1. The van der Waals surface area contributed by atoms with E-state index in [-0.39, 0.29) is 10.6 Å². The van der Waals surface area contributed by atoms with E-state index >= 15 is 0 Å². The molecule has 0 fully saturated rings. The Hall–Kier alpha value is -2.28. The van der Waals surface area contributed by atoms with Gasteiger partial charge >= 0.3 is 0 Å². The zero-order valence-corrected chi connectivity index (χ0v) is 12.0. The van der Waals surface area contributed by atoms with Gasteiger partial charge < -0.3 is 10.5 Å². The van der Waals surface area contributed by atoms with Crippen LogP contribution in [0.25, 0.3) is 0 Å². The van der Waals surface area contributed by atoms with Crippen LogP contribution >= 0.6 is 0 Å². The van der Waals surface area contributed by atoms with Crippen LogP contribution in [0.4, 0.5) is 11.5 Å². The minimum Gasteiger partial charge on any atom is -0.495 e. The van der Waals surface area contributed by atoms with Crippen LogP contribution in [0.5, 0.6) is 5.75 Å². The van der Waals surface area contributed by atoms with Gasteiger partial charge in [0.05, 0.1) is 17.7 Å². The number of aromatic nitrogens is 1. The number of nitrogen functional groups attached to an aromatic ring is 1. The summed E-state index contributed by atoms with van der Waals surface area (Å²) < 4.78 is 31.1. The van der Waals surface area contributed by atoms with Gasteiger partial charge in [0.25, 0.3) is 10.0 Å². The van der Waals surface area contributed by atoms with Crippen molar-refractivity contribution >= 4 is 21.5 Å². The molecule has 106 valence electrons. The predicted molar refractivity (Wildman–Crippen MR) is 77.2 cm³/mol. The van der Waals surface area contributed by atoms with Crippen LogP contribution in [0.1, 0.15) is 0 Å². The molecule has 0 atom stereocenters. The molecule has 1 aromatic carbocycles. The third-order valence-electron chi connectivity index (χ3n) is 2.83. The Labute approximate surface area is 117 Å². The molecule has 0 aliphatic heterocycles. The van der Waals surface area contributed by atoms with Crippen LogP contribution in [0.2, 0.25) is 0 Å². The lowest BCUT2D eigenvalue weighted by Gasteiger charge is -2.18. The third kappa shape index (κ3) is 2.53. The lowest BCUT2D eigenvalue weighted by atomic mass is 10.3. The quantitative estimate of drug-likeness (QED) is 0.863. The number of benzene rings is 1. The molecular formula is C13H15N3O3S. The Bertz CT molecular complexity index is 702. The van der Waals surface area contributed by atoms with Crippen molar-refractivity contribution in [2.45, 2.75) is 4.90 Å². The zero-order valence-electron chi connectivity index (χ0n) is 11.1. The molecule has 2 N–H and O–H groups in total. The Morgan fingerprint density at radius 1 is 1.25 bits per heavy atom. The fourth-order valence-electron chi connectivity index (χ4n) is 1.69. The number of anilines is 2. The molecule has 0 saturated heterocycles. The number of ether oxygens (including phenoxy) is 1. The maximum absolute atomic E-state index is 12.5. The van der Waals surface area contributed by atoms with Crippen molar-refractivity contribution in [1.29, 1.82) is 0 Å². The standard InChI is InChI=1S/C13H15N3O3S/c1-16(13-5-3-4-8-15-13)20(17,18)10-6-7-12(19-2)11(14)9-10/h3-9H,14H2,1-2H3. The summed E-state index contributed by atoms with van der Waals surface area (Å²) in [5.74, 6) is 0.770. The molecule has 0 spiro atoms. The van der Waals surface area contributed by atoms with Crippen LogP contribution in [0, 0.1) is 0 Å². The fourth-order valence-corrected chi connectivity index (χ4v) is 2.88. The summed E-state index contributed by atoms with van der Waals surface area (Å²) in [4.78, 5) is 4.10. The van der Waals surface area contributed by atoms with Gasteiger partial charge in [0.1, 0.15) is 11.6 Å². The van der Waals surface area contributed by atoms with E-state index in [0.29, 0.717) is 11.6 Å². The van der Waals surface area contributed by atoms with E-state index in [1.807, 2.05) is 0 Å². The van der Waals surface area contributed by atoms with Crippen LogP contribution < -0.4 is 14.8 Å². The van der Waals surface area contributed by atoms with Crippen LogP contribution in [-0.4, -0.2) is 27.6 Å². The van der Waals surface area contributed by atoms with Crippen molar-refractivity contribution in [2.24, 2.45) is 0 Å². The summed E-state index contributed by atoms with van der Waals surface area (Å²) in [7, 11) is -0.790. The van der Waals surface area contributed by atoms with E-state index in [0.717, 1.165) is 4.31 Å². The second-order valence-electron chi connectivity index (χ2n) is 4.06. The maximum atomic E-state index is 12.5. The monoisotopic (exact) mass is 293 g/mol. The number of nitrogens with two attached hydrogens (primary N) is 1. The molecule has 2 aromatic rings. The summed E-state index contributed by atoms with van der Waals surface area (Å²) in [6, 6.07) is 9.39. The number of hydrogen-bond acceptors (Lipinski definition) is 5. The van der Waals surface area contributed by atoms with Crippen LogP contribution in [0.3, 0.4) is 0 Å². The minimum atomic E-state index is -3.70. The third-order valence-corrected chi connectivity index (χ3v) is 4.59. The van der Waals surface area contributed by atoms with Gasteiger partial charge in [-0.2, -0.15) is 0 Å². The van der Waals surface area contributed by atoms with Crippen LogP contribution in [0.15, 0.2) is 47.5 Å². The maximum Gasteiger partial charge on any atom is 0.265 e. The minimum absolute atomic E-state index is 0.0870. The first-order chi connectivity index (χ1) is 9.46. The summed E-state index contributed by atoms with van der Waals surface area (Å²) in [6.45, 7) is 0. The van der Waals surface area contributed by atoms with Gasteiger partial charge in [-0.1, -0.05) is 6.07 Å². The second-order valence-corrected chi connectivity index (χ2v) is 6.03. The largest absolute Gasteiger partial charge is 0.495 e. The van der Waals surface area contributed by atoms with Gasteiger partial charge in [-0.15, -0.1) is 0 Å². The van der Waals surface area contributed by atoms with Gasteiger partial charge in [0.15, 0.2) is 0 Å². The summed E-state index contributed by atoms with van der Waals surface area (Å²) in [5.41, 5.74) is 6.01. The molecular weight excluding hydrogens is 278 g/mol. The molecule has 1 aromatic heterocycles. The molecule has 0 saturated carbocycles. The zero-order chi connectivity index (χ0) is 14.8. The number of methoxy groups -OCH3 is 1. The van der Waals surface area contributed by atoms with Crippen LogP contribution in [-0.2, 0) is 10.0 Å². The van der Waals surface area contributed by atoms with Crippen molar-refractivity contribution in [3.63, 3.8) is 0 Å². The normalized spacial score (nSPS) is 11.1. The predicted octanol–water partition coefficient (Wildman–Crippen LogP) is 1.50. The van der Waals surface area contributed by atoms with E-state index in [4.69, 9.17) is 10.5 Å². The SMILES string of the molecule is COc1ccc(S(=O)(=O)N(C)c2ccccn2)cc1N. The first-order valence-electron chi connectivity index (χ1n) is 5.80. The molecule has 0 amide bonds. The summed E-state index contributed by atoms with van der Waals surface area (Å²) >= 11 is 0.